The average molecular weight is 449 g/mol. The second-order valence-electron chi connectivity index (χ2n) is 10.6. The van der Waals surface area contributed by atoms with Crippen LogP contribution in [0.4, 0.5) is 0 Å². The zero-order chi connectivity index (χ0) is 22.6. The normalized spacial score (nSPS) is 32.8. The van der Waals surface area contributed by atoms with Crippen LogP contribution in [0.5, 0.6) is 5.75 Å². The Morgan fingerprint density at radius 1 is 1.19 bits per heavy atom. The zero-order valence-electron chi connectivity index (χ0n) is 19.7. The molecular weight excluding hydrogens is 412 g/mol. The molecular formula is C24H36O6Si. The molecule has 0 amide bonds. The fraction of sp³-hybridized carbons (Fsp3) is 0.667. The first-order valence-corrected chi connectivity index (χ1v) is 14.0. The molecule has 2 aliphatic heterocycles. The molecule has 6 nitrogen and oxygen atoms in total. The molecule has 2 heterocycles. The van der Waals surface area contributed by atoms with E-state index in [1.807, 2.05) is 24.3 Å². The minimum absolute atomic E-state index is 0.0411. The molecule has 1 fully saturated rings. The Hall–Kier alpha value is -1.38. The molecule has 1 N–H and O–H groups in total. The third-order valence-electron chi connectivity index (χ3n) is 7.71. The van der Waals surface area contributed by atoms with Crippen LogP contribution < -0.4 is 4.74 Å². The van der Waals surface area contributed by atoms with E-state index in [2.05, 4.69) is 40.8 Å². The summed E-state index contributed by atoms with van der Waals surface area (Å²) in [6.45, 7) is 14.3. The minimum atomic E-state index is -2.02. The second-order valence-corrected chi connectivity index (χ2v) is 15.4. The quantitative estimate of drug-likeness (QED) is 0.652. The van der Waals surface area contributed by atoms with Gasteiger partial charge < -0.3 is 28.5 Å². The van der Waals surface area contributed by atoms with E-state index in [-0.39, 0.29) is 23.4 Å². The van der Waals surface area contributed by atoms with Gasteiger partial charge in [-0.1, -0.05) is 39.8 Å². The second kappa shape index (κ2) is 7.88. The maximum Gasteiger partial charge on any atom is 0.214 e. The van der Waals surface area contributed by atoms with Crippen LogP contribution in [0.25, 0.3) is 0 Å². The van der Waals surface area contributed by atoms with Crippen molar-refractivity contribution >= 4 is 8.32 Å². The SMILES string of the molecule is COc1ccc(CO[C@H]2[C@H]3C[C@@H](O[Si](C)(C)C(C)(C)C)[C@]2(C)C2=C(O3)C(O)OC2)cc1. The van der Waals surface area contributed by atoms with E-state index < -0.39 is 20.0 Å². The van der Waals surface area contributed by atoms with Gasteiger partial charge in [0, 0.05) is 17.4 Å². The van der Waals surface area contributed by atoms with Gasteiger partial charge in [0.1, 0.15) is 18.0 Å². The van der Waals surface area contributed by atoms with Gasteiger partial charge >= 0.3 is 0 Å². The average Bonchev–Trinajstić information content (AvgIpc) is 3.15. The van der Waals surface area contributed by atoms with Gasteiger partial charge in [0.15, 0.2) is 14.1 Å². The highest BCUT2D eigenvalue weighted by Gasteiger charge is 2.63. The van der Waals surface area contributed by atoms with Gasteiger partial charge in [0.2, 0.25) is 6.29 Å². The maximum atomic E-state index is 10.3. The summed E-state index contributed by atoms with van der Waals surface area (Å²) in [6, 6.07) is 7.92. The first kappa shape index (κ1) is 22.8. The summed E-state index contributed by atoms with van der Waals surface area (Å²) in [7, 11) is -0.354. The predicted octanol–water partition coefficient (Wildman–Crippen LogP) is 4.38. The van der Waals surface area contributed by atoms with Crippen LogP contribution in [-0.2, 0) is 25.2 Å². The van der Waals surface area contributed by atoms with Gasteiger partial charge in [-0.3, -0.25) is 0 Å². The lowest BCUT2D eigenvalue weighted by Crippen LogP contribution is -2.51. The van der Waals surface area contributed by atoms with Gasteiger partial charge in [0.25, 0.3) is 0 Å². The van der Waals surface area contributed by atoms with E-state index in [0.29, 0.717) is 19.0 Å². The number of aliphatic hydroxyl groups excluding tert-OH is 1. The number of hydrogen-bond donors (Lipinski definition) is 1. The van der Waals surface area contributed by atoms with Gasteiger partial charge in [-0.2, -0.15) is 0 Å². The summed E-state index contributed by atoms with van der Waals surface area (Å²) in [5.41, 5.74) is 1.66. The Labute approximate surface area is 186 Å². The van der Waals surface area contributed by atoms with Crippen molar-refractivity contribution < 1.29 is 28.5 Å². The summed E-state index contributed by atoms with van der Waals surface area (Å²) >= 11 is 0. The van der Waals surface area contributed by atoms with Gasteiger partial charge in [-0.05, 0) is 35.8 Å². The molecule has 0 radical (unpaired) electrons. The summed E-state index contributed by atoms with van der Waals surface area (Å²) in [5.74, 6) is 1.39. The monoisotopic (exact) mass is 448 g/mol. The molecule has 4 rings (SSSR count). The van der Waals surface area contributed by atoms with Crippen LogP contribution >= 0.6 is 0 Å². The molecule has 1 aliphatic carbocycles. The van der Waals surface area contributed by atoms with E-state index in [1.54, 1.807) is 7.11 Å². The predicted molar refractivity (Wildman–Crippen MR) is 120 cm³/mol. The molecule has 5 atom stereocenters. The van der Waals surface area contributed by atoms with E-state index in [9.17, 15) is 5.11 Å². The highest BCUT2D eigenvalue weighted by atomic mass is 28.4. The van der Waals surface area contributed by atoms with Crippen molar-refractivity contribution in [2.75, 3.05) is 13.7 Å². The van der Waals surface area contributed by atoms with Crippen LogP contribution in [-0.4, -0.2) is 51.7 Å². The number of ether oxygens (including phenoxy) is 4. The zero-order valence-corrected chi connectivity index (χ0v) is 20.7. The Morgan fingerprint density at radius 3 is 2.48 bits per heavy atom. The van der Waals surface area contributed by atoms with Crippen molar-refractivity contribution in [3.05, 3.63) is 41.2 Å². The van der Waals surface area contributed by atoms with Crippen molar-refractivity contribution in [1.29, 1.82) is 0 Å². The molecule has 0 saturated heterocycles. The number of fused-ring (bicyclic) bond motifs is 3. The Balaban J connectivity index is 1.61. The molecule has 172 valence electrons. The van der Waals surface area contributed by atoms with Crippen molar-refractivity contribution in [3.63, 3.8) is 0 Å². The number of methoxy groups -OCH3 is 1. The summed E-state index contributed by atoms with van der Waals surface area (Å²) in [6.07, 6.45) is -0.632. The molecule has 3 aliphatic rings. The third kappa shape index (κ3) is 3.84. The van der Waals surface area contributed by atoms with E-state index >= 15 is 0 Å². The third-order valence-corrected chi connectivity index (χ3v) is 12.2. The Kier molecular flexibility index (Phi) is 5.80. The topological polar surface area (TPSA) is 66.4 Å². The lowest BCUT2D eigenvalue weighted by molar-refractivity contribution is -0.119. The van der Waals surface area contributed by atoms with Crippen LogP contribution in [0.2, 0.25) is 18.1 Å². The highest BCUT2D eigenvalue weighted by molar-refractivity contribution is 6.74. The van der Waals surface area contributed by atoms with Crippen LogP contribution in [0, 0.1) is 5.41 Å². The van der Waals surface area contributed by atoms with Crippen LogP contribution in [0.15, 0.2) is 35.6 Å². The van der Waals surface area contributed by atoms with Crippen LogP contribution in [0.3, 0.4) is 0 Å². The van der Waals surface area contributed by atoms with Crippen molar-refractivity contribution in [2.24, 2.45) is 5.41 Å². The van der Waals surface area contributed by atoms with E-state index in [0.717, 1.165) is 23.3 Å². The molecule has 2 bridgehead atoms. The number of hydrogen-bond acceptors (Lipinski definition) is 6. The number of aliphatic hydroxyl groups is 1. The highest BCUT2D eigenvalue weighted by Crippen LogP contribution is 2.57. The fourth-order valence-corrected chi connectivity index (χ4v) is 6.09. The Bertz CT molecular complexity index is 843. The number of benzene rings is 1. The standard InChI is InChI=1S/C24H36O6Si/c1-23(2,3)31(6,7)30-19-12-18-21(27-13-15-8-10-16(26-5)11-9-15)24(19,4)17-14-28-22(25)20(17)29-18/h8-11,18-19,21-22,25H,12-14H2,1-7H3/t18-,19-,21+,22?,24+/m1/s1. The summed E-state index contributed by atoms with van der Waals surface area (Å²) < 4.78 is 30.5. The smallest absolute Gasteiger partial charge is 0.214 e. The lowest BCUT2D eigenvalue weighted by atomic mass is 9.75. The summed E-state index contributed by atoms with van der Waals surface area (Å²) in [5, 5.41) is 10.4. The van der Waals surface area contributed by atoms with Crippen molar-refractivity contribution in [2.45, 2.75) is 83.5 Å². The first-order valence-electron chi connectivity index (χ1n) is 11.1. The molecule has 31 heavy (non-hydrogen) atoms. The maximum absolute atomic E-state index is 10.3. The molecule has 1 aromatic carbocycles. The Morgan fingerprint density at radius 2 is 1.87 bits per heavy atom. The minimum Gasteiger partial charge on any atom is -0.497 e. The van der Waals surface area contributed by atoms with Gasteiger partial charge in [-0.15, -0.1) is 0 Å². The fourth-order valence-electron chi connectivity index (χ4n) is 4.69. The van der Waals surface area contributed by atoms with Crippen molar-refractivity contribution in [3.8, 4) is 5.75 Å². The van der Waals surface area contributed by atoms with E-state index in [4.69, 9.17) is 23.4 Å². The van der Waals surface area contributed by atoms with E-state index in [1.165, 1.54) is 0 Å². The summed E-state index contributed by atoms with van der Waals surface area (Å²) in [4.78, 5) is 0. The first-order chi connectivity index (χ1) is 14.5. The largest absolute Gasteiger partial charge is 0.497 e. The molecule has 0 aromatic heterocycles. The molecule has 7 heteroatoms. The van der Waals surface area contributed by atoms with Gasteiger partial charge in [0.05, 0.1) is 26.4 Å². The molecule has 1 aromatic rings. The lowest BCUT2D eigenvalue weighted by Gasteiger charge is -2.45. The molecule has 1 unspecified atom stereocenters. The molecule has 1 saturated carbocycles. The molecule has 0 spiro atoms. The van der Waals surface area contributed by atoms with Gasteiger partial charge in [-0.25, -0.2) is 0 Å². The van der Waals surface area contributed by atoms with Crippen LogP contribution in [0.1, 0.15) is 39.7 Å². The number of rotatable bonds is 6. The van der Waals surface area contributed by atoms with Crippen molar-refractivity contribution in [1.82, 2.24) is 0 Å².